The van der Waals surface area contributed by atoms with Gasteiger partial charge in [0, 0.05) is 19.3 Å². The molecule has 0 rings (SSSR count). The minimum absolute atomic E-state index is 0.0746. The van der Waals surface area contributed by atoms with Gasteiger partial charge in [0.25, 0.3) is 0 Å². The van der Waals surface area contributed by atoms with Crippen molar-refractivity contribution in [3.63, 3.8) is 0 Å². The van der Waals surface area contributed by atoms with Crippen LogP contribution in [-0.2, 0) is 9.59 Å². The molecule has 0 aliphatic heterocycles. The monoisotopic (exact) mass is 228 g/mol. The summed E-state index contributed by atoms with van der Waals surface area (Å²) in [7, 11) is 4.11. The van der Waals surface area contributed by atoms with Crippen molar-refractivity contribution in [3.8, 4) is 0 Å². The van der Waals surface area contributed by atoms with Crippen LogP contribution in [0, 0.1) is 0 Å². The van der Waals surface area contributed by atoms with Crippen LogP contribution in [0.15, 0.2) is 12.7 Å². The van der Waals surface area contributed by atoms with Crippen LogP contribution >= 0.6 is 0 Å². The Morgan fingerprint density at radius 2 is 1.69 bits per heavy atom. The highest BCUT2D eigenvalue weighted by Crippen LogP contribution is 2.05. The van der Waals surface area contributed by atoms with Gasteiger partial charge in [0.05, 0.1) is 33.6 Å². The first-order valence-electron chi connectivity index (χ1n) is 5.56. The Labute approximate surface area is 97.2 Å². The van der Waals surface area contributed by atoms with E-state index in [9.17, 15) is 9.59 Å². The van der Waals surface area contributed by atoms with Gasteiger partial charge in [-0.15, -0.1) is 0 Å². The number of rotatable bonds is 9. The molecular formula is C12H22NO3+. The first-order chi connectivity index (χ1) is 7.37. The van der Waals surface area contributed by atoms with Gasteiger partial charge in [0.1, 0.15) is 0 Å². The Hall–Kier alpha value is -1.16. The zero-order valence-electron chi connectivity index (χ0n) is 10.2. The predicted molar refractivity (Wildman–Crippen MR) is 63.2 cm³/mol. The number of carboxylic acid groups (broad SMARTS) is 1. The van der Waals surface area contributed by atoms with E-state index in [1.54, 1.807) is 0 Å². The molecule has 92 valence electrons. The number of aliphatic carboxylic acids is 1. The zero-order valence-corrected chi connectivity index (χ0v) is 10.2. The number of allylic oxidation sites excluding steroid dienone is 1. The van der Waals surface area contributed by atoms with Crippen LogP contribution in [-0.4, -0.2) is 48.5 Å². The van der Waals surface area contributed by atoms with Crippen LogP contribution in [0.3, 0.4) is 0 Å². The van der Waals surface area contributed by atoms with Crippen LogP contribution < -0.4 is 0 Å². The Morgan fingerprint density at radius 3 is 2.12 bits per heavy atom. The molecule has 0 radical (unpaired) electrons. The summed E-state index contributed by atoms with van der Waals surface area (Å²) in [6, 6.07) is 0. The number of ketones is 1. The van der Waals surface area contributed by atoms with E-state index in [2.05, 4.69) is 20.7 Å². The number of hydrogen-bond acceptors (Lipinski definition) is 2. The molecule has 0 spiro atoms. The molecule has 0 aliphatic rings. The molecule has 4 nitrogen and oxygen atoms in total. The fourth-order valence-corrected chi connectivity index (χ4v) is 1.55. The summed E-state index contributed by atoms with van der Waals surface area (Å²) >= 11 is 0. The topological polar surface area (TPSA) is 54.4 Å². The summed E-state index contributed by atoms with van der Waals surface area (Å²) in [6.45, 7) is 5.14. The van der Waals surface area contributed by atoms with Gasteiger partial charge in [-0.05, 0) is 6.08 Å². The molecule has 0 amide bonds. The minimum Gasteiger partial charge on any atom is -0.481 e. The molecule has 0 aromatic heterocycles. The number of hydrogen-bond donors (Lipinski definition) is 1. The molecule has 0 aromatic rings. The molecule has 0 saturated carbocycles. The molecule has 0 saturated heterocycles. The van der Waals surface area contributed by atoms with E-state index in [1.165, 1.54) is 6.08 Å². The second kappa shape index (κ2) is 7.17. The van der Waals surface area contributed by atoms with Crippen LogP contribution in [0.5, 0.6) is 0 Å². The summed E-state index contributed by atoms with van der Waals surface area (Å²) < 4.78 is 0.762. The quantitative estimate of drug-likeness (QED) is 0.480. The average Bonchev–Trinajstić information content (AvgIpc) is 2.16. The SMILES string of the molecule is C=CC(=O)CCC[N+](C)(C)CCCC(=O)O. The number of carboxylic acids is 1. The van der Waals surface area contributed by atoms with Crippen molar-refractivity contribution in [1.29, 1.82) is 0 Å². The Morgan fingerprint density at radius 1 is 1.19 bits per heavy atom. The van der Waals surface area contributed by atoms with Crippen molar-refractivity contribution < 1.29 is 19.2 Å². The van der Waals surface area contributed by atoms with Crippen molar-refractivity contribution in [3.05, 3.63) is 12.7 Å². The fourth-order valence-electron chi connectivity index (χ4n) is 1.55. The highest BCUT2D eigenvalue weighted by atomic mass is 16.4. The predicted octanol–water partition coefficient (Wildman–Crippen LogP) is 1.46. The highest BCUT2D eigenvalue weighted by molar-refractivity contribution is 5.88. The van der Waals surface area contributed by atoms with Crippen molar-refractivity contribution in [2.75, 3.05) is 27.2 Å². The van der Waals surface area contributed by atoms with Crippen molar-refractivity contribution in [2.24, 2.45) is 0 Å². The number of quaternary nitrogens is 1. The Bertz CT molecular complexity index is 259. The smallest absolute Gasteiger partial charge is 0.303 e. The second-order valence-electron chi connectivity index (χ2n) is 4.65. The summed E-state index contributed by atoms with van der Waals surface area (Å²) in [5.41, 5.74) is 0. The van der Waals surface area contributed by atoms with Crippen LogP contribution in [0.1, 0.15) is 25.7 Å². The van der Waals surface area contributed by atoms with Crippen molar-refractivity contribution in [1.82, 2.24) is 0 Å². The van der Waals surface area contributed by atoms with Crippen LogP contribution in [0.25, 0.3) is 0 Å². The first kappa shape index (κ1) is 14.8. The zero-order chi connectivity index (χ0) is 12.6. The van der Waals surface area contributed by atoms with Crippen LogP contribution in [0.4, 0.5) is 0 Å². The lowest BCUT2D eigenvalue weighted by atomic mass is 10.2. The fraction of sp³-hybridized carbons (Fsp3) is 0.667. The van der Waals surface area contributed by atoms with Crippen molar-refractivity contribution in [2.45, 2.75) is 25.7 Å². The highest BCUT2D eigenvalue weighted by Gasteiger charge is 2.15. The van der Waals surface area contributed by atoms with E-state index in [-0.39, 0.29) is 12.2 Å². The van der Waals surface area contributed by atoms with E-state index in [0.29, 0.717) is 12.8 Å². The van der Waals surface area contributed by atoms with Gasteiger partial charge in [-0.2, -0.15) is 0 Å². The van der Waals surface area contributed by atoms with E-state index < -0.39 is 5.97 Å². The Balaban J connectivity index is 3.73. The Kier molecular flexibility index (Phi) is 6.65. The van der Waals surface area contributed by atoms with Gasteiger partial charge >= 0.3 is 5.97 Å². The normalized spacial score (nSPS) is 11.1. The van der Waals surface area contributed by atoms with Gasteiger partial charge in [0.15, 0.2) is 5.78 Å². The number of carbonyl (C=O) groups excluding carboxylic acids is 1. The maximum Gasteiger partial charge on any atom is 0.303 e. The molecule has 0 atom stereocenters. The largest absolute Gasteiger partial charge is 0.481 e. The second-order valence-corrected chi connectivity index (χ2v) is 4.65. The van der Waals surface area contributed by atoms with E-state index in [4.69, 9.17) is 5.11 Å². The maximum atomic E-state index is 11.0. The van der Waals surface area contributed by atoms with Gasteiger partial charge in [0.2, 0.25) is 0 Å². The summed E-state index contributed by atoms with van der Waals surface area (Å²) in [4.78, 5) is 21.4. The third-order valence-electron chi connectivity index (χ3n) is 2.57. The molecule has 0 fully saturated rings. The third-order valence-corrected chi connectivity index (χ3v) is 2.57. The maximum absolute atomic E-state index is 11.0. The lowest BCUT2D eigenvalue weighted by Gasteiger charge is -2.29. The molecule has 4 heteroatoms. The number of nitrogens with zero attached hydrogens (tertiary/aromatic N) is 1. The molecule has 1 N–H and O–H groups in total. The summed E-state index contributed by atoms with van der Waals surface area (Å²) in [6.07, 6.45) is 3.60. The minimum atomic E-state index is -0.748. The van der Waals surface area contributed by atoms with Crippen LogP contribution in [0.2, 0.25) is 0 Å². The van der Waals surface area contributed by atoms with Gasteiger partial charge in [-0.25, -0.2) is 0 Å². The third kappa shape index (κ3) is 8.17. The molecule has 16 heavy (non-hydrogen) atoms. The molecular weight excluding hydrogens is 206 g/mol. The molecule has 0 bridgehead atoms. The molecule has 0 heterocycles. The van der Waals surface area contributed by atoms with Gasteiger partial charge in [-0.3, -0.25) is 9.59 Å². The summed E-state index contributed by atoms with van der Waals surface area (Å²) in [5.74, 6) is -0.674. The van der Waals surface area contributed by atoms with Gasteiger partial charge < -0.3 is 9.59 Å². The van der Waals surface area contributed by atoms with Crippen molar-refractivity contribution >= 4 is 11.8 Å². The molecule has 0 aliphatic carbocycles. The molecule has 0 unspecified atom stereocenters. The average molecular weight is 228 g/mol. The standard InChI is InChI=1S/C12H21NO3/c1-4-11(14)7-5-9-13(2,3)10-6-8-12(15)16/h4H,1,5-10H2,2-3H3/p+1. The van der Waals surface area contributed by atoms with E-state index in [1.807, 2.05) is 0 Å². The first-order valence-corrected chi connectivity index (χ1v) is 5.56. The number of carbonyl (C=O) groups is 2. The lowest BCUT2D eigenvalue weighted by Crippen LogP contribution is -2.41. The summed E-state index contributed by atoms with van der Waals surface area (Å²) in [5, 5.41) is 8.53. The van der Waals surface area contributed by atoms with Gasteiger partial charge in [-0.1, -0.05) is 6.58 Å². The van der Waals surface area contributed by atoms with E-state index in [0.717, 1.165) is 24.0 Å². The van der Waals surface area contributed by atoms with E-state index >= 15 is 0 Å². The lowest BCUT2D eigenvalue weighted by molar-refractivity contribution is -0.890. The molecule has 0 aromatic carbocycles.